The predicted octanol–water partition coefficient (Wildman–Crippen LogP) is 6.06. The second-order valence-electron chi connectivity index (χ2n) is 6.80. The molecule has 1 aliphatic rings. The lowest BCUT2D eigenvalue weighted by Crippen LogP contribution is -2.23. The maximum Gasteiger partial charge on any atom is -0.0360 e. The van der Waals surface area contributed by atoms with Crippen molar-refractivity contribution in [3.63, 3.8) is 0 Å². The standard InChI is InChI=1S/C17H34/c1-14(2)16(4)17-13-11-9-7-5-6-8-10-12-15(17)3/h14-17H,5-13H2,1-4H3. The lowest BCUT2D eigenvalue weighted by molar-refractivity contribution is 0.177. The van der Waals surface area contributed by atoms with Gasteiger partial charge >= 0.3 is 0 Å². The van der Waals surface area contributed by atoms with Gasteiger partial charge in [-0.3, -0.25) is 0 Å². The van der Waals surface area contributed by atoms with E-state index in [9.17, 15) is 0 Å². The van der Waals surface area contributed by atoms with Crippen molar-refractivity contribution in [2.24, 2.45) is 23.7 Å². The fourth-order valence-corrected chi connectivity index (χ4v) is 3.50. The minimum absolute atomic E-state index is 0.854. The third-order valence-corrected chi connectivity index (χ3v) is 5.15. The first kappa shape index (κ1) is 15.1. The zero-order valence-electron chi connectivity index (χ0n) is 12.7. The second kappa shape index (κ2) is 8.16. The Bertz CT molecular complexity index is 182. The Labute approximate surface area is 110 Å². The Kier molecular flexibility index (Phi) is 7.23. The topological polar surface area (TPSA) is 0 Å². The summed E-state index contributed by atoms with van der Waals surface area (Å²) in [5.74, 6) is 3.69. The van der Waals surface area contributed by atoms with Gasteiger partial charge in [0.2, 0.25) is 0 Å². The van der Waals surface area contributed by atoms with Crippen LogP contribution in [0.15, 0.2) is 0 Å². The molecule has 0 amide bonds. The highest BCUT2D eigenvalue weighted by Gasteiger charge is 2.25. The number of rotatable bonds is 2. The van der Waals surface area contributed by atoms with E-state index < -0.39 is 0 Å². The first-order valence-electron chi connectivity index (χ1n) is 8.13. The molecule has 0 aromatic rings. The van der Waals surface area contributed by atoms with E-state index in [4.69, 9.17) is 0 Å². The molecule has 0 nitrogen and oxygen atoms in total. The minimum Gasteiger partial charge on any atom is -0.0625 e. The molecule has 0 spiro atoms. The van der Waals surface area contributed by atoms with E-state index in [1.54, 1.807) is 0 Å². The first-order valence-corrected chi connectivity index (χ1v) is 8.13. The minimum atomic E-state index is 0.854. The molecule has 1 fully saturated rings. The summed E-state index contributed by atoms with van der Waals surface area (Å²) in [4.78, 5) is 0. The zero-order chi connectivity index (χ0) is 12.7. The molecule has 0 aromatic heterocycles. The van der Waals surface area contributed by atoms with Gasteiger partial charge in [-0.15, -0.1) is 0 Å². The summed E-state index contributed by atoms with van der Waals surface area (Å²) in [7, 11) is 0. The predicted molar refractivity (Wildman–Crippen MR) is 78.2 cm³/mol. The van der Waals surface area contributed by atoms with Gasteiger partial charge in [-0.1, -0.05) is 79.1 Å². The largest absolute Gasteiger partial charge is 0.0625 e. The van der Waals surface area contributed by atoms with Gasteiger partial charge in [0.15, 0.2) is 0 Å². The van der Waals surface area contributed by atoms with Gasteiger partial charge in [0.1, 0.15) is 0 Å². The van der Waals surface area contributed by atoms with Crippen LogP contribution in [0.25, 0.3) is 0 Å². The molecule has 102 valence electrons. The van der Waals surface area contributed by atoms with E-state index in [2.05, 4.69) is 27.7 Å². The molecule has 0 heteroatoms. The molecular weight excluding hydrogens is 204 g/mol. The van der Waals surface area contributed by atoms with Gasteiger partial charge in [-0.2, -0.15) is 0 Å². The summed E-state index contributed by atoms with van der Waals surface area (Å²) in [5, 5.41) is 0. The monoisotopic (exact) mass is 238 g/mol. The van der Waals surface area contributed by atoms with Gasteiger partial charge in [-0.05, 0) is 30.1 Å². The van der Waals surface area contributed by atoms with Crippen LogP contribution in [0.2, 0.25) is 0 Å². The highest BCUT2D eigenvalue weighted by atomic mass is 14.3. The van der Waals surface area contributed by atoms with Crippen molar-refractivity contribution in [3.8, 4) is 0 Å². The normalized spacial score (nSPS) is 30.9. The van der Waals surface area contributed by atoms with Crippen LogP contribution in [0, 0.1) is 23.7 Å². The maximum atomic E-state index is 2.52. The molecule has 0 aliphatic heterocycles. The molecule has 1 aliphatic carbocycles. The van der Waals surface area contributed by atoms with Crippen molar-refractivity contribution < 1.29 is 0 Å². The van der Waals surface area contributed by atoms with E-state index in [0.717, 1.165) is 23.7 Å². The summed E-state index contributed by atoms with van der Waals surface area (Å²) < 4.78 is 0. The molecule has 0 bridgehead atoms. The summed E-state index contributed by atoms with van der Waals surface area (Å²) in [6.07, 6.45) is 13.3. The molecule has 0 heterocycles. The zero-order valence-corrected chi connectivity index (χ0v) is 12.7. The SMILES string of the molecule is CC(C)C(C)C1CCCCCCCCCC1C. The summed E-state index contributed by atoms with van der Waals surface area (Å²) in [5.41, 5.74) is 0. The van der Waals surface area contributed by atoms with Gasteiger partial charge < -0.3 is 0 Å². The average Bonchev–Trinajstić information content (AvgIpc) is 2.34. The Morgan fingerprint density at radius 3 is 1.71 bits per heavy atom. The van der Waals surface area contributed by atoms with E-state index in [-0.39, 0.29) is 0 Å². The fraction of sp³-hybridized carbons (Fsp3) is 1.00. The van der Waals surface area contributed by atoms with Crippen molar-refractivity contribution in [1.29, 1.82) is 0 Å². The van der Waals surface area contributed by atoms with Crippen molar-refractivity contribution in [2.75, 3.05) is 0 Å². The van der Waals surface area contributed by atoms with Crippen LogP contribution in [0.1, 0.15) is 85.5 Å². The van der Waals surface area contributed by atoms with Gasteiger partial charge in [0.05, 0.1) is 0 Å². The lowest BCUT2D eigenvalue weighted by Gasteiger charge is -2.32. The van der Waals surface area contributed by atoms with Crippen LogP contribution in [0.4, 0.5) is 0 Å². The Morgan fingerprint density at radius 2 is 1.18 bits per heavy atom. The van der Waals surface area contributed by atoms with Crippen LogP contribution in [-0.4, -0.2) is 0 Å². The molecule has 1 rings (SSSR count). The second-order valence-corrected chi connectivity index (χ2v) is 6.80. The number of hydrogen-bond acceptors (Lipinski definition) is 0. The highest BCUT2D eigenvalue weighted by Crippen LogP contribution is 2.34. The summed E-state index contributed by atoms with van der Waals surface area (Å²) in [6, 6.07) is 0. The average molecular weight is 238 g/mol. The van der Waals surface area contributed by atoms with Crippen molar-refractivity contribution >= 4 is 0 Å². The van der Waals surface area contributed by atoms with E-state index in [1.807, 2.05) is 0 Å². The molecule has 1 saturated carbocycles. The lowest BCUT2D eigenvalue weighted by atomic mass is 9.73. The van der Waals surface area contributed by atoms with Gasteiger partial charge in [0, 0.05) is 0 Å². The van der Waals surface area contributed by atoms with Crippen molar-refractivity contribution in [3.05, 3.63) is 0 Å². The first-order chi connectivity index (χ1) is 8.13. The van der Waals surface area contributed by atoms with Crippen LogP contribution < -0.4 is 0 Å². The Morgan fingerprint density at radius 1 is 0.706 bits per heavy atom. The van der Waals surface area contributed by atoms with Crippen LogP contribution >= 0.6 is 0 Å². The molecule has 3 unspecified atom stereocenters. The van der Waals surface area contributed by atoms with Crippen LogP contribution in [0.3, 0.4) is 0 Å². The Balaban J connectivity index is 2.54. The maximum absolute atomic E-state index is 2.52. The molecule has 0 radical (unpaired) electrons. The molecule has 17 heavy (non-hydrogen) atoms. The third kappa shape index (κ3) is 5.44. The highest BCUT2D eigenvalue weighted by molar-refractivity contribution is 4.75. The van der Waals surface area contributed by atoms with Crippen LogP contribution in [-0.2, 0) is 0 Å². The third-order valence-electron chi connectivity index (χ3n) is 5.15. The van der Waals surface area contributed by atoms with Gasteiger partial charge in [-0.25, -0.2) is 0 Å². The molecule has 0 saturated heterocycles. The smallest absolute Gasteiger partial charge is 0.0360 e. The van der Waals surface area contributed by atoms with E-state index in [1.165, 1.54) is 57.8 Å². The molecule has 3 atom stereocenters. The van der Waals surface area contributed by atoms with Crippen molar-refractivity contribution in [2.45, 2.75) is 85.5 Å². The molecule has 0 N–H and O–H groups in total. The number of hydrogen-bond donors (Lipinski definition) is 0. The van der Waals surface area contributed by atoms with Crippen molar-refractivity contribution in [1.82, 2.24) is 0 Å². The van der Waals surface area contributed by atoms with E-state index >= 15 is 0 Å². The summed E-state index contributed by atoms with van der Waals surface area (Å²) >= 11 is 0. The molecule has 0 aromatic carbocycles. The Hall–Kier alpha value is 0. The van der Waals surface area contributed by atoms with E-state index in [0.29, 0.717) is 0 Å². The fourth-order valence-electron chi connectivity index (χ4n) is 3.50. The molecular formula is C17H34. The quantitative estimate of drug-likeness (QED) is 0.549. The summed E-state index contributed by atoms with van der Waals surface area (Å²) in [6.45, 7) is 9.82. The van der Waals surface area contributed by atoms with Gasteiger partial charge in [0.25, 0.3) is 0 Å². The van der Waals surface area contributed by atoms with Crippen LogP contribution in [0.5, 0.6) is 0 Å².